The van der Waals surface area contributed by atoms with Gasteiger partial charge < -0.3 is 44.0 Å². The zero-order valence-electron chi connectivity index (χ0n) is 15.3. The van der Waals surface area contributed by atoms with Crippen LogP contribution in [-0.2, 0) is 38.0 Å². The Balaban J connectivity index is 1.67. The van der Waals surface area contributed by atoms with E-state index in [4.69, 9.17) is 38.9 Å². The minimum atomic E-state index is -1.10. The molecular formula is C16H27NO9. The molecule has 3 saturated heterocycles. The lowest BCUT2D eigenvalue weighted by Gasteiger charge is -2.42. The number of carbonyl (C=O) groups is 1. The Hall–Kier alpha value is -0.850. The Bertz CT molecular complexity index is 516. The Morgan fingerprint density at radius 2 is 1.88 bits per heavy atom. The summed E-state index contributed by atoms with van der Waals surface area (Å²) >= 11 is 0. The Morgan fingerprint density at radius 1 is 1.19 bits per heavy atom. The fraction of sp³-hybridized carbons (Fsp3) is 0.938. The van der Waals surface area contributed by atoms with E-state index in [0.717, 1.165) is 0 Å². The molecule has 10 nitrogen and oxygen atoms in total. The molecule has 3 rings (SSSR count). The molecule has 0 bridgehead atoms. The topological polar surface area (TPSA) is 128 Å². The van der Waals surface area contributed by atoms with Crippen molar-refractivity contribution < 1.29 is 43.1 Å². The largest absolute Gasteiger partial charge is 0.454 e. The van der Waals surface area contributed by atoms with Crippen molar-refractivity contribution in [2.24, 2.45) is 5.73 Å². The second-order valence-electron chi connectivity index (χ2n) is 7.09. The van der Waals surface area contributed by atoms with Gasteiger partial charge in [0.05, 0.1) is 19.3 Å². The first-order valence-corrected chi connectivity index (χ1v) is 8.60. The van der Waals surface area contributed by atoms with Crippen LogP contribution < -0.4 is 5.73 Å². The average molecular weight is 377 g/mol. The summed E-state index contributed by atoms with van der Waals surface area (Å²) < 4.78 is 38.9. The standard InChI is InChI=1S/C16H27NO9/c1-7(18)23-13-11(19)9(20-4)6-21-14(13)24-8-5-22-15-12(10(8)17)25-16(2,3)26-15/h8-15,19H,5-6,17H2,1-4H3/t8-,9-,10+,11+,12-,13-,14?,15+/m1/s1. The molecule has 3 N–H and O–H groups in total. The molecule has 0 saturated carbocycles. The molecule has 8 atom stereocenters. The van der Waals surface area contributed by atoms with E-state index in [-0.39, 0.29) is 13.2 Å². The summed E-state index contributed by atoms with van der Waals surface area (Å²) in [5.74, 6) is -1.37. The third kappa shape index (κ3) is 4.02. The quantitative estimate of drug-likeness (QED) is 0.581. The van der Waals surface area contributed by atoms with Gasteiger partial charge >= 0.3 is 5.97 Å². The molecule has 3 fully saturated rings. The lowest BCUT2D eigenvalue weighted by molar-refractivity contribution is -0.305. The van der Waals surface area contributed by atoms with Crippen LogP contribution in [0.15, 0.2) is 0 Å². The van der Waals surface area contributed by atoms with E-state index in [2.05, 4.69) is 0 Å². The molecule has 1 unspecified atom stereocenters. The normalized spacial score (nSPS) is 45.2. The number of aliphatic hydroxyl groups excluding tert-OH is 1. The van der Waals surface area contributed by atoms with Crippen LogP contribution in [0.25, 0.3) is 0 Å². The highest BCUT2D eigenvalue weighted by Gasteiger charge is 2.52. The molecule has 3 heterocycles. The molecule has 3 aliphatic rings. The van der Waals surface area contributed by atoms with Gasteiger partial charge in [-0.1, -0.05) is 0 Å². The maximum atomic E-state index is 11.4. The van der Waals surface area contributed by atoms with Crippen LogP contribution in [0.4, 0.5) is 0 Å². The maximum absolute atomic E-state index is 11.4. The molecule has 0 spiro atoms. The summed E-state index contributed by atoms with van der Waals surface area (Å²) in [4.78, 5) is 11.4. The number of esters is 1. The summed E-state index contributed by atoms with van der Waals surface area (Å²) in [5.41, 5.74) is 6.28. The van der Waals surface area contributed by atoms with Crippen molar-refractivity contribution in [2.75, 3.05) is 20.3 Å². The van der Waals surface area contributed by atoms with Crippen molar-refractivity contribution >= 4 is 5.97 Å². The third-order valence-corrected chi connectivity index (χ3v) is 4.65. The van der Waals surface area contributed by atoms with Gasteiger partial charge in [0.2, 0.25) is 0 Å². The molecule has 0 aromatic rings. The lowest BCUT2D eigenvalue weighted by atomic mass is 10.0. The van der Waals surface area contributed by atoms with Gasteiger partial charge in [0.1, 0.15) is 24.4 Å². The predicted octanol–water partition coefficient (Wildman–Crippen LogP) is -1.13. The van der Waals surface area contributed by atoms with Gasteiger partial charge in [-0.2, -0.15) is 0 Å². The molecule has 3 aliphatic heterocycles. The number of hydrogen-bond donors (Lipinski definition) is 2. The predicted molar refractivity (Wildman–Crippen MR) is 84.7 cm³/mol. The number of nitrogens with two attached hydrogens (primary N) is 1. The fourth-order valence-electron chi connectivity index (χ4n) is 3.36. The number of ether oxygens (including phenoxy) is 7. The van der Waals surface area contributed by atoms with Crippen LogP contribution in [0.3, 0.4) is 0 Å². The van der Waals surface area contributed by atoms with Crippen LogP contribution in [0.2, 0.25) is 0 Å². The highest BCUT2D eigenvalue weighted by molar-refractivity contribution is 5.66. The summed E-state index contributed by atoms with van der Waals surface area (Å²) in [7, 11) is 1.44. The van der Waals surface area contributed by atoms with Crippen LogP contribution in [0.1, 0.15) is 20.8 Å². The van der Waals surface area contributed by atoms with Crippen molar-refractivity contribution in [3.63, 3.8) is 0 Å². The number of aliphatic hydroxyl groups is 1. The Morgan fingerprint density at radius 3 is 2.54 bits per heavy atom. The second-order valence-corrected chi connectivity index (χ2v) is 7.09. The zero-order valence-corrected chi connectivity index (χ0v) is 15.3. The van der Waals surface area contributed by atoms with Crippen molar-refractivity contribution in [1.82, 2.24) is 0 Å². The van der Waals surface area contributed by atoms with Crippen LogP contribution in [0.5, 0.6) is 0 Å². The van der Waals surface area contributed by atoms with Gasteiger partial charge in [0.25, 0.3) is 0 Å². The van der Waals surface area contributed by atoms with Crippen LogP contribution in [0, 0.1) is 0 Å². The van der Waals surface area contributed by atoms with E-state index < -0.39 is 60.9 Å². The van der Waals surface area contributed by atoms with Gasteiger partial charge in [-0.3, -0.25) is 4.79 Å². The van der Waals surface area contributed by atoms with Crippen LogP contribution >= 0.6 is 0 Å². The minimum absolute atomic E-state index is 0.0849. The number of carbonyl (C=O) groups excluding carboxylic acids is 1. The zero-order chi connectivity index (χ0) is 19.1. The number of hydrogen-bond acceptors (Lipinski definition) is 10. The molecule has 0 radical (unpaired) electrons. The third-order valence-electron chi connectivity index (χ3n) is 4.65. The molecule has 26 heavy (non-hydrogen) atoms. The first kappa shape index (κ1) is 19.9. The number of fused-ring (bicyclic) bond motifs is 1. The lowest BCUT2D eigenvalue weighted by Crippen LogP contribution is -2.61. The van der Waals surface area contributed by atoms with E-state index in [9.17, 15) is 9.90 Å². The molecular weight excluding hydrogens is 350 g/mol. The Labute approximate surface area is 151 Å². The van der Waals surface area contributed by atoms with Gasteiger partial charge in [-0.15, -0.1) is 0 Å². The molecule has 150 valence electrons. The number of methoxy groups -OCH3 is 1. The van der Waals surface area contributed by atoms with E-state index >= 15 is 0 Å². The highest BCUT2D eigenvalue weighted by Crippen LogP contribution is 2.35. The SMILES string of the molecule is CO[C@@H]1COC(O[C@@H]2CO[C@H]3OC(C)(C)O[C@@H]3[C@H]2N)[C@H](OC(C)=O)[C@H]1O. The minimum Gasteiger partial charge on any atom is -0.454 e. The molecule has 0 aliphatic carbocycles. The first-order chi connectivity index (χ1) is 12.2. The second kappa shape index (κ2) is 7.64. The highest BCUT2D eigenvalue weighted by atomic mass is 16.8. The van der Waals surface area contributed by atoms with Crippen LogP contribution in [-0.4, -0.2) is 86.3 Å². The summed E-state index contributed by atoms with van der Waals surface area (Å²) in [6, 6.07) is -0.547. The summed E-state index contributed by atoms with van der Waals surface area (Å²) in [6.07, 6.45) is -5.45. The van der Waals surface area contributed by atoms with Crippen molar-refractivity contribution in [3.8, 4) is 0 Å². The summed E-state index contributed by atoms with van der Waals surface area (Å²) in [6.45, 7) is 5.03. The molecule has 0 aromatic heterocycles. The Kier molecular flexibility index (Phi) is 5.85. The van der Waals surface area contributed by atoms with Gasteiger partial charge in [-0.05, 0) is 13.8 Å². The van der Waals surface area contributed by atoms with Crippen molar-refractivity contribution in [1.29, 1.82) is 0 Å². The van der Waals surface area contributed by atoms with Gasteiger partial charge in [0.15, 0.2) is 24.5 Å². The maximum Gasteiger partial charge on any atom is 0.303 e. The average Bonchev–Trinajstić information content (AvgIpc) is 2.88. The smallest absolute Gasteiger partial charge is 0.303 e. The van der Waals surface area contributed by atoms with E-state index in [1.807, 2.05) is 0 Å². The summed E-state index contributed by atoms with van der Waals surface area (Å²) in [5, 5.41) is 10.4. The molecule has 0 aromatic carbocycles. The number of rotatable bonds is 4. The van der Waals surface area contributed by atoms with E-state index in [0.29, 0.717) is 0 Å². The van der Waals surface area contributed by atoms with Crippen molar-refractivity contribution in [3.05, 3.63) is 0 Å². The van der Waals surface area contributed by atoms with E-state index in [1.165, 1.54) is 14.0 Å². The van der Waals surface area contributed by atoms with E-state index in [1.54, 1.807) is 13.8 Å². The van der Waals surface area contributed by atoms with Gasteiger partial charge in [-0.25, -0.2) is 0 Å². The first-order valence-electron chi connectivity index (χ1n) is 8.60. The molecule has 10 heteroatoms. The monoisotopic (exact) mass is 377 g/mol. The van der Waals surface area contributed by atoms with Gasteiger partial charge in [0, 0.05) is 14.0 Å². The molecule has 0 amide bonds. The fourth-order valence-corrected chi connectivity index (χ4v) is 3.36. The van der Waals surface area contributed by atoms with Crippen molar-refractivity contribution in [2.45, 2.75) is 75.7 Å².